The fourth-order valence-corrected chi connectivity index (χ4v) is 5.42. The topological polar surface area (TPSA) is 97.3 Å². The summed E-state index contributed by atoms with van der Waals surface area (Å²) in [4.78, 5) is 20.7. The molecule has 3 aliphatic rings. The Labute approximate surface area is 171 Å². The van der Waals surface area contributed by atoms with E-state index in [0.29, 0.717) is 30.8 Å². The number of hydrogen-bond acceptors (Lipinski definition) is 6. The Bertz CT molecular complexity index is 874. The summed E-state index contributed by atoms with van der Waals surface area (Å²) in [6, 6.07) is 6.58. The predicted molar refractivity (Wildman–Crippen MR) is 111 cm³/mol. The number of benzene rings is 1. The van der Waals surface area contributed by atoms with E-state index in [9.17, 15) is 13.2 Å². The van der Waals surface area contributed by atoms with Crippen LogP contribution in [0, 0.1) is 0 Å². The predicted octanol–water partition coefficient (Wildman–Crippen LogP) is 0.968. The highest BCUT2D eigenvalue weighted by atomic mass is 32.2. The first-order chi connectivity index (χ1) is 14.0. The molecule has 2 amide bonds. The molecule has 0 unspecified atom stereocenters. The average molecular weight is 421 g/mol. The highest BCUT2D eigenvalue weighted by molar-refractivity contribution is 7.89. The molecular weight excluding hydrogens is 392 g/mol. The quantitative estimate of drug-likeness (QED) is 0.757. The number of carbonyl (C=O) groups is 1. The van der Waals surface area contributed by atoms with Crippen molar-refractivity contribution in [1.82, 2.24) is 19.4 Å². The molecule has 2 aliphatic heterocycles. The van der Waals surface area contributed by atoms with Crippen LogP contribution in [0.15, 0.2) is 34.2 Å². The number of sulfonamides is 1. The molecule has 1 aliphatic carbocycles. The van der Waals surface area contributed by atoms with E-state index in [1.54, 1.807) is 12.1 Å². The van der Waals surface area contributed by atoms with Crippen molar-refractivity contribution in [2.24, 2.45) is 4.99 Å². The van der Waals surface area contributed by atoms with Gasteiger partial charge in [0.25, 0.3) is 10.0 Å². The number of anilines is 1. The molecule has 0 spiro atoms. The van der Waals surface area contributed by atoms with Gasteiger partial charge in [0, 0.05) is 45.0 Å². The molecule has 2 fully saturated rings. The summed E-state index contributed by atoms with van der Waals surface area (Å²) in [5.41, 5.74) is 0.533. The molecule has 9 nitrogen and oxygen atoms in total. The lowest BCUT2D eigenvalue weighted by Crippen LogP contribution is -2.56. The number of carbonyl (C=O) groups excluding carboxylic acids is 1. The van der Waals surface area contributed by atoms with E-state index in [1.807, 2.05) is 0 Å². The van der Waals surface area contributed by atoms with Crippen molar-refractivity contribution in [2.75, 3.05) is 51.6 Å². The van der Waals surface area contributed by atoms with Gasteiger partial charge in [-0.15, -0.1) is 0 Å². The first-order valence-electron chi connectivity index (χ1n) is 10.1. The van der Waals surface area contributed by atoms with Crippen LogP contribution in [0.2, 0.25) is 0 Å². The molecule has 4 rings (SSSR count). The lowest BCUT2D eigenvalue weighted by molar-refractivity contribution is 0.0833. The molecule has 0 radical (unpaired) electrons. The summed E-state index contributed by atoms with van der Waals surface area (Å²) in [5.74, 6) is 0.561. The summed E-state index contributed by atoms with van der Waals surface area (Å²) >= 11 is 0. The molecular formula is C19H28N6O3S. The molecule has 2 N–H and O–H groups in total. The highest BCUT2D eigenvalue weighted by Gasteiger charge is 2.36. The first-order valence-corrected chi connectivity index (χ1v) is 11.6. The SMILES string of the molecule is CNC(=O)Nc1ccc(S(=O)(=O)N2CCN=C2N2CCN(C3CCC3)CC2)cc1. The molecule has 0 atom stereocenters. The van der Waals surface area contributed by atoms with Gasteiger partial charge in [-0.3, -0.25) is 9.89 Å². The minimum Gasteiger partial charge on any atom is -0.341 e. The number of urea groups is 1. The zero-order chi connectivity index (χ0) is 20.4. The number of rotatable bonds is 4. The third-order valence-electron chi connectivity index (χ3n) is 5.89. The van der Waals surface area contributed by atoms with Crippen LogP contribution >= 0.6 is 0 Å². The summed E-state index contributed by atoms with van der Waals surface area (Å²) in [7, 11) is -2.17. The number of nitrogens with zero attached hydrogens (tertiary/aromatic N) is 4. The molecule has 1 saturated heterocycles. The molecule has 29 heavy (non-hydrogen) atoms. The number of piperazine rings is 1. The molecule has 0 aromatic heterocycles. The van der Waals surface area contributed by atoms with E-state index in [-0.39, 0.29) is 10.9 Å². The van der Waals surface area contributed by atoms with Gasteiger partial charge in [-0.1, -0.05) is 6.42 Å². The van der Waals surface area contributed by atoms with E-state index in [2.05, 4.69) is 25.4 Å². The molecule has 10 heteroatoms. The van der Waals surface area contributed by atoms with Crippen LogP contribution in [0.1, 0.15) is 19.3 Å². The summed E-state index contributed by atoms with van der Waals surface area (Å²) in [6.45, 7) is 4.36. The maximum absolute atomic E-state index is 13.2. The largest absolute Gasteiger partial charge is 0.341 e. The van der Waals surface area contributed by atoms with E-state index in [0.717, 1.165) is 26.2 Å². The van der Waals surface area contributed by atoms with Gasteiger partial charge in [0.2, 0.25) is 5.96 Å². The van der Waals surface area contributed by atoms with Crippen molar-refractivity contribution in [3.63, 3.8) is 0 Å². The van der Waals surface area contributed by atoms with Crippen LogP contribution in [0.5, 0.6) is 0 Å². The van der Waals surface area contributed by atoms with E-state index in [1.165, 1.54) is 42.7 Å². The Kier molecular flexibility index (Phi) is 5.64. The summed E-state index contributed by atoms with van der Waals surface area (Å²) in [5, 5.41) is 5.09. The standard InChI is InChI=1S/C19H28N6O3S/c1-20-18(26)22-15-5-7-17(8-6-15)29(27,28)25-10-9-21-19(25)24-13-11-23(12-14-24)16-3-2-4-16/h5-8,16H,2-4,9-14H2,1H3,(H2,20,22,26). The number of amides is 2. The third-order valence-corrected chi connectivity index (χ3v) is 7.69. The Morgan fingerprint density at radius 1 is 1.07 bits per heavy atom. The van der Waals surface area contributed by atoms with Crippen molar-refractivity contribution < 1.29 is 13.2 Å². The van der Waals surface area contributed by atoms with Crippen LogP contribution in [-0.2, 0) is 10.0 Å². The Balaban J connectivity index is 1.44. The lowest BCUT2D eigenvalue weighted by atomic mass is 9.91. The second-order valence-electron chi connectivity index (χ2n) is 7.60. The van der Waals surface area contributed by atoms with Crippen LogP contribution in [0.3, 0.4) is 0 Å². The minimum atomic E-state index is -3.69. The molecule has 1 aromatic carbocycles. The van der Waals surface area contributed by atoms with Gasteiger partial charge in [0.1, 0.15) is 0 Å². The van der Waals surface area contributed by atoms with Crippen LogP contribution in [0.4, 0.5) is 10.5 Å². The van der Waals surface area contributed by atoms with Crippen LogP contribution in [0.25, 0.3) is 0 Å². The monoisotopic (exact) mass is 420 g/mol. The lowest BCUT2D eigenvalue weighted by Gasteiger charge is -2.44. The second kappa shape index (κ2) is 8.19. The van der Waals surface area contributed by atoms with E-state index >= 15 is 0 Å². The van der Waals surface area contributed by atoms with Crippen molar-refractivity contribution in [1.29, 1.82) is 0 Å². The Morgan fingerprint density at radius 2 is 1.76 bits per heavy atom. The van der Waals surface area contributed by atoms with E-state index < -0.39 is 10.0 Å². The third kappa shape index (κ3) is 4.04. The van der Waals surface area contributed by atoms with Crippen LogP contribution < -0.4 is 10.6 Å². The van der Waals surface area contributed by atoms with Gasteiger partial charge < -0.3 is 15.5 Å². The normalized spacial score (nSPS) is 20.9. The van der Waals surface area contributed by atoms with Gasteiger partial charge in [0.05, 0.1) is 18.0 Å². The number of nitrogens with one attached hydrogen (secondary N) is 2. The number of hydrogen-bond donors (Lipinski definition) is 2. The van der Waals surface area contributed by atoms with Gasteiger partial charge in [0.15, 0.2) is 0 Å². The molecule has 1 saturated carbocycles. The molecule has 2 heterocycles. The smallest absolute Gasteiger partial charge is 0.318 e. The average Bonchev–Trinajstić information content (AvgIpc) is 3.18. The molecule has 0 bridgehead atoms. The van der Waals surface area contributed by atoms with Gasteiger partial charge in [-0.2, -0.15) is 0 Å². The zero-order valence-corrected chi connectivity index (χ0v) is 17.5. The summed E-state index contributed by atoms with van der Waals surface area (Å²) < 4.78 is 27.9. The highest BCUT2D eigenvalue weighted by Crippen LogP contribution is 2.27. The van der Waals surface area contributed by atoms with Crippen molar-refractivity contribution in [3.05, 3.63) is 24.3 Å². The maximum atomic E-state index is 13.2. The number of aliphatic imine (C=N–C) groups is 1. The van der Waals surface area contributed by atoms with Crippen molar-refractivity contribution >= 4 is 27.7 Å². The zero-order valence-electron chi connectivity index (χ0n) is 16.7. The van der Waals surface area contributed by atoms with Crippen molar-refractivity contribution in [3.8, 4) is 0 Å². The van der Waals surface area contributed by atoms with Crippen LogP contribution in [-0.4, -0.2) is 86.9 Å². The molecule has 158 valence electrons. The fraction of sp³-hybridized carbons (Fsp3) is 0.579. The fourth-order valence-electron chi connectivity index (χ4n) is 3.98. The van der Waals surface area contributed by atoms with Gasteiger partial charge >= 0.3 is 6.03 Å². The maximum Gasteiger partial charge on any atom is 0.318 e. The Morgan fingerprint density at radius 3 is 2.34 bits per heavy atom. The minimum absolute atomic E-state index is 0.197. The number of guanidine groups is 1. The first kappa shape index (κ1) is 20.0. The Hall–Kier alpha value is -2.33. The van der Waals surface area contributed by atoms with Crippen molar-refractivity contribution in [2.45, 2.75) is 30.2 Å². The summed E-state index contributed by atoms with van der Waals surface area (Å²) in [6.07, 6.45) is 3.89. The van der Waals surface area contributed by atoms with Gasteiger partial charge in [-0.05, 0) is 37.1 Å². The van der Waals surface area contributed by atoms with E-state index in [4.69, 9.17) is 0 Å². The van der Waals surface area contributed by atoms with Gasteiger partial charge in [-0.25, -0.2) is 17.5 Å². The second-order valence-corrected chi connectivity index (χ2v) is 9.46. The molecule has 1 aromatic rings.